The van der Waals surface area contributed by atoms with Crippen LogP contribution in [0.5, 0.6) is 0 Å². The van der Waals surface area contributed by atoms with Crippen molar-refractivity contribution >= 4 is 0 Å². The van der Waals surface area contributed by atoms with Crippen molar-refractivity contribution in [2.24, 2.45) is 0 Å². The zero-order chi connectivity index (χ0) is 15.8. The van der Waals surface area contributed by atoms with E-state index in [0.29, 0.717) is 5.41 Å². The second-order valence-corrected chi connectivity index (χ2v) is 7.36. The Morgan fingerprint density at radius 1 is 0.682 bits per heavy atom. The van der Waals surface area contributed by atoms with Gasteiger partial charge in [-0.2, -0.15) is 0 Å². The summed E-state index contributed by atoms with van der Waals surface area (Å²) in [7, 11) is 0. The molecule has 1 fully saturated rings. The predicted octanol–water partition coefficient (Wildman–Crippen LogP) is 6.72. The van der Waals surface area contributed by atoms with E-state index in [1.54, 1.807) is 5.56 Å². The van der Waals surface area contributed by atoms with Gasteiger partial charge in [-0.25, -0.2) is 0 Å². The number of hydrogen-bond acceptors (Lipinski definition) is 0. The minimum Gasteiger partial charge on any atom is -0.0622 e. The van der Waals surface area contributed by atoms with Crippen LogP contribution in [0.25, 0.3) is 0 Å². The van der Waals surface area contributed by atoms with Gasteiger partial charge in [0.05, 0.1) is 0 Å². The molecule has 0 saturated heterocycles. The van der Waals surface area contributed by atoms with Crippen LogP contribution in [0.3, 0.4) is 0 Å². The summed E-state index contributed by atoms with van der Waals surface area (Å²) in [5.41, 5.74) is 3.24. The molecule has 0 nitrogen and oxygen atoms in total. The zero-order valence-corrected chi connectivity index (χ0v) is 14.4. The van der Waals surface area contributed by atoms with Gasteiger partial charge in [0.25, 0.3) is 0 Å². The van der Waals surface area contributed by atoms with Gasteiger partial charge in [0.15, 0.2) is 0 Å². The molecule has 0 atom stereocenters. The molecule has 22 heavy (non-hydrogen) atoms. The van der Waals surface area contributed by atoms with Crippen molar-refractivity contribution in [3.05, 3.63) is 71.8 Å². The third-order valence-electron chi connectivity index (χ3n) is 4.52. The Kier molecular flexibility index (Phi) is 6.24. The van der Waals surface area contributed by atoms with Crippen LogP contribution < -0.4 is 0 Å². The third-order valence-corrected chi connectivity index (χ3v) is 4.52. The second kappa shape index (κ2) is 8.17. The van der Waals surface area contributed by atoms with Crippen LogP contribution in [-0.4, -0.2) is 0 Å². The highest BCUT2D eigenvalue weighted by Gasteiger charge is 2.14. The van der Waals surface area contributed by atoms with Crippen molar-refractivity contribution < 1.29 is 0 Å². The van der Waals surface area contributed by atoms with E-state index < -0.39 is 0 Å². The molecule has 0 aliphatic heterocycles. The molecule has 2 aromatic rings. The number of rotatable bonds is 1. The Morgan fingerprint density at radius 3 is 1.64 bits per heavy atom. The van der Waals surface area contributed by atoms with E-state index in [0.717, 1.165) is 5.92 Å². The van der Waals surface area contributed by atoms with E-state index in [9.17, 15) is 0 Å². The van der Waals surface area contributed by atoms with E-state index >= 15 is 0 Å². The zero-order valence-electron chi connectivity index (χ0n) is 14.4. The molecule has 0 aromatic heterocycles. The van der Waals surface area contributed by atoms with Crippen molar-refractivity contribution in [1.29, 1.82) is 0 Å². The minimum atomic E-state index is 0.293. The monoisotopic (exact) mass is 294 g/mol. The summed E-state index contributed by atoms with van der Waals surface area (Å²) in [4.78, 5) is 0. The van der Waals surface area contributed by atoms with E-state index in [1.807, 2.05) is 0 Å². The lowest BCUT2D eigenvalue weighted by atomic mass is 9.84. The standard InChI is InChI=1S/C12H16.C10H14/c1-3-7-11(8-4-1)12-9-5-2-6-10-12;1-10(2,3)9-7-5-4-6-8-9/h1,3-4,7-8,12H,2,5-6,9-10H2;4-8H,1-3H3. The predicted molar refractivity (Wildman–Crippen MR) is 97.4 cm³/mol. The van der Waals surface area contributed by atoms with Crippen LogP contribution >= 0.6 is 0 Å². The maximum Gasteiger partial charge on any atom is -0.0132 e. The summed E-state index contributed by atoms with van der Waals surface area (Å²) in [6.07, 6.45) is 7.12. The Balaban J connectivity index is 0.000000164. The van der Waals surface area contributed by atoms with Gasteiger partial charge in [-0.15, -0.1) is 0 Å². The molecule has 0 unspecified atom stereocenters. The molecule has 0 heterocycles. The first-order chi connectivity index (χ1) is 10.6. The molecule has 0 radical (unpaired) electrons. The Labute approximate surface area is 136 Å². The van der Waals surface area contributed by atoms with E-state index in [2.05, 4.69) is 81.4 Å². The van der Waals surface area contributed by atoms with E-state index in [4.69, 9.17) is 0 Å². The van der Waals surface area contributed by atoms with Crippen molar-refractivity contribution in [2.45, 2.75) is 64.2 Å². The van der Waals surface area contributed by atoms with Crippen LogP contribution in [-0.2, 0) is 5.41 Å². The lowest BCUT2D eigenvalue weighted by molar-refractivity contribution is 0.443. The molecule has 0 bridgehead atoms. The van der Waals surface area contributed by atoms with Crippen LogP contribution in [0.2, 0.25) is 0 Å². The van der Waals surface area contributed by atoms with Gasteiger partial charge in [0.1, 0.15) is 0 Å². The summed E-state index contributed by atoms with van der Waals surface area (Å²) in [6.45, 7) is 6.67. The molecule has 0 amide bonds. The van der Waals surface area contributed by atoms with Gasteiger partial charge in [-0.1, -0.05) is 101 Å². The first-order valence-corrected chi connectivity index (χ1v) is 8.68. The molecule has 1 saturated carbocycles. The largest absolute Gasteiger partial charge is 0.0622 e. The highest BCUT2D eigenvalue weighted by Crippen LogP contribution is 2.32. The summed E-state index contributed by atoms with van der Waals surface area (Å²) in [6, 6.07) is 21.5. The third kappa shape index (κ3) is 5.33. The Morgan fingerprint density at radius 2 is 1.18 bits per heavy atom. The highest BCUT2D eigenvalue weighted by molar-refractivity contribution is 5.22. The normalized spacial score (nSPS) is 15.8. The quantitative estimate of drug-likeness (QED) is 0.547. The van der Waals surface area contributed by atoms with Crippen molar-refractivity contribution in [3.63, 3.8) is 0 Å². The Hall–Kier alpha value is -1.56. The number of benzene rings is 2. The molecule has 118 valence electrons. The molecule has 2 aromatic carbocycles. The van der Waals surface area contributed by atoms with E-state index in [-0.39, 0.29) is 0 Å². The van der Waals surface area contributed by atoms with Crippen LogP contribution in [0.1, 0.15) is 69.9 Å². The summed E-state index contributed by atoms with van der Waals surface area (Å²) < 4.78 is 0. The average molecular weight is 294 g/mol. The van der Waals surface area contributed by atoms with Crippen molar-refractivity contribution in [2.75, 3.05) is 0 Å². The van der Waals surface area contributed by atoms with Gasteiger partial charge in [-0.05, 0) is 35.3 Å². The van der Waals surface area contributed by atoms with Gasteiger partial charge < -0.3 is 0 Å². The molecule has 0 spiro atoms. The first-order valence-electron chi connectivity index (χ1n) is 8.68. The lowest BCUT2D eigenvalue weighted by Gasteiger charge is -2.21. The summed E-state index contributed by atoms with van der Waals surface area (Å²) in [5, 5.41) is 0. The molecule has 3 rings (SSSR count). The maximum atomic E-state index is 2.27. The molecule has 1 aliphatic carbocycles. The maximum absolute atomic E-state index is 2.27. The average Bonchev–Trinajstić information content (AvgIpc) is 2.57. The molecule has 1 aliphatic rings. The molecular formula is C22H30. The van der Waals surface area contributed by atoms with Gasteiger partial charge in [-0.3, -0.25) is 0 Å². The van der Waals surface area contributed by atoms with Crippen LogP contribution in [0.15, 0.2) is 60.7 Å². The van der Waals surface area contributed by atoms with Crippen molar-refractivity contribution in [3.8, 4) is 0 Å². The molecular weight excluding hydrogens is 264 g/mol. The Bertz CT molecular complexity index is 513. The van der Waals surface area contributed by atoms with Gasteiger partial charge >= 0.3 is 0 Å². The smallest absolute Gasteiger partial charge is 0.0132 e. The fourth-order valence-corrected chi connectivity index (χ4v) is 3.10. The first kappa shape index (κ1) is 16.8. The highest BCUT2D eigenvalue weighted by atomic mass is 14.2. The topological polar surface area (TPSA) is 0 Å². The SMILES string of the molecule is CC(C)(C)c1ccccc1.c1ccc(C2CCCCC2)cc1. The van der Waals surface area contributed by atoms with Gasteiger partial charge in [0.2, 0.25) is 0 Å². The molecule has 0 heteroatoms. The second-order valence-electron chi connectivity index (χ2n) is 7.36. The minimum absolute atomic E-state index is 0.293. The van der Waals surface area contributed by atoms with Crippen LogP contribution in [0, 0.1) is 0 Å². The van der Waals surface area contributed by atoms with Gasteiger partial charge in [0, 0.05) is 0 Å². The fraction of sp³-hybridized carbons (Fsp3) is 0.455. The summed E-state index contributed by atoms with van der Waals surface area (Å²) >= 11 is 0. The van der Waals surface area contributed by atoms with Crippen molar-refractivity contribution in [1.82, 2.24) is 0 Å². The fourth-order valence-electron chi connectivity index (χ4n) is 3.10. The number of hydrogen-bond donors (Lipinski definition) is 0. The lowest BCUT2D eigenvalue weighted by Crippen LogP contribution is -2.10. The summed E-state index contributed by atoms with van der Waals surface area (Å²) in [5.74, 6) is 0.861. The molecule has 0 N–H and O–H groups in total. The van der Waals surface area contributed by atoms with E-state index in [1.165, 1.54) is 37.7 Å². The van der Waals surface area contributed by atoms with Crippen LogP contribution in [0.4, 0.5) is 0 Å².